The molecule has 0 saturated heterocycles. The van der Waals surface area contributed by atoms with E-state index in [-0.39, 0.29) is 96.9 Å². The van der Waals surface area contributed by atoms with Crippen molar-refractivity contribution >= 4 is 51.6 Å². The van der Waals surface area contributed by atoms with Gasteiger partial charge in [0.25, 0.3) is 0 Å². The third-order valence-corrected chi connectivity index (χ3v) is 0. The normalized spacial score (nSPS) is 4.00. The summed E-state index contributed by atoms with van der Waals surface area (Å²) in [6.07, 6.45) is -2.33. The van der Waals surface area contributed by atoms with Crippen molar-refractivity contribution in [2.24, 2.45) is 0 Å². The molecule has 0 aliphatic heterocycles. The van der Waals surface area contributed by atoms with Gasteiger partial charge in [0, 0.05) is 0 Å². The van der Waals surface area contributed by atoms with Gasteiger partial charge < -0.3 is 15.0 Å². The molecule has 0 aromatic rings. The van der Waals surface area contributed by atoms with Crippen LogP contribution in [-0.4, -0.2) is 51.6 Å². The molecule has 0 spiro atoms. The number of carboxylic acid groups (broad SMARTS) is 2. The van der Waals surface area contributed by atoms with Crippen LogP contribution in [0.2, 0.25) is 0 Å². The van der Waals surface area contributed by atoms with Crippen LogP contribution in [0.3, 0.4) is 0 Å². The van der Waals surface area contributed by atoms with Gasteiger partial charge in [0.1, 0.15) is 0 Å². The van der Waals surface area contributed by atoms with E-state index in [1.165, 1.54) is 0 Å². The fourth-order valence-corrected chi connectivity index (χ4v) is 0. The third kappa shape index (κ3) is 32.5. The average molecular weight is 187 g/mol. The molecule has 0 aromatic heterocycles. The molecule has 6 heavy (non-hydrogen) atoms. The number of carbonyl (C=O) groups excluding carboxylic acids is 1. The topological polar surface area (TPSA) is 63.2 Å². The minimum atomic E-state index is -2.33. The predicted octanol–water partition coefficient (Wildman–Crippen LogP) is -5.82. The second-order valence-corrected chi connectivity index (χ2v) is 0.250. The molecule has 0 rings (SSSR count). The Morgan fingerprint density at radius 2 is 1.33 bits per heavy atom. The molecule has 0 radical (unpaired) electrons. The Labute approximate surface area is 115 Å². The van der Waals surface area contributed by atoms with Gasteiger partial charge in [0.15, 0.2) is 0 Å². The summed E-state index contributed by atoms with van der Waals surface area (Å²) in [5.41, 5.74) is 0. The SMILES string of the molecule is O=C([O-])[O-].[K+].[Sr+2]. The van der Waals surface area contributed by atoms with Crippen LogP contribution >= 0.6 is 0 Å². The van der Waals surface area contributed by atoms with Crippen LogP contribution < -0.4 is 61.6 Å². The van der Waals surface area contributed by atoms with Gasteiger partial charge in [0.05, 0.1) is 0 Å². The van der Waals surface area contributed by atoms with E-state index in [0.717, 1.165) is 0 Å². The zero-order valence-electron chi connectivity index (χ0n) is 3.43. The Balaban J connectivity index is -0.0000000450. The van der Waals surface area contributed by atoms with E-state index in [4.69, 9.17) is 15.0 Å². The van der Waals surface area contributed by atoms with Gasteiger partial charge in [-0.25, -0.2) is 0 Å². The maximum Gasteiger partial charge on any atom is 2.00 e. The van der Waals surface area contributed by atoms with Crippen LogP contribution in [0.15, 0.2) is 0 Å². The van der Waals surface area contributed by atoms with E-state index in [1.54, 1.807) is 0 Å². The maximum atomic E-state index is 8.33. The third-order valence-electron chi connectivity index (χ3n) is 0. The van der Waals surface area contributed by atoms with Gasteiger partial charge in [-0.2, -0.15) is 0 Å². The van der Waals surface area contributed by atoms with Crippen molar-refractivity contribution in [3.05, 3.63) is 0 Å². The zero-order chi connectivity index (χ0) is 3.58. The Morgan fingerprint density at radius 1 is 1.33 bits per heavy atom. The second kappa shape index (κ2) is 10.4. The summed E-state index contributed by atoms with van der Waals surface area (Å²) < 4.78 is 0. The standard InChI is InChI=1S/CH2O3.K.Sr/c2-1(3)4;;/h(H2,2,3,4);;/q;+1;+2/p-2. The van der Waals surface area contributed by atoms with Crippen molar-refractivity contribution in [1.82, 2.24) is 0 Å². The molecular weight excluding hydrogens is 187 g/mol. The molecule has 0 N–H and O–H groups in total. The minimum absolute atomic E-state index is 0. The molecule has 0 bridgehead atoms. The summed E-state index contributed by atoms with van der Waals surface area (Å²) in [6, 6.07) is 0. The van der Waals surface area contributed by atoms with Crippen molar-refractivity contribution in [1.29, 1.82) is 0 Å². The largest absolute Gasteiger partial charge is 2.00 e. The van der Waals surface area contributed by atoms with Crippen LogP contribution in [0.25, 0.3) is 0 Å². The van der Waals surface area contributed by atoms with Gasteiger partial charge >= 0.3 is 96.9 Å². The fraction of sp³-hybridized carbons (Fsp3) is 0. The minimum Gasteiger partial charge on any atom is -0.652 e. The number of hydrogen-bond acceptors (Lipinski definition) is 3. The molecule has 0 heterocycles. The molecule has 0 saturated carbocycles. The predicted molar refractivity (Wildman–Crippen MR) is 11.1 cm³/mol. The van der Waals surface area contributed by atoms with Gasteiger partial charge in [-0.05, 0) is 6.16 Å². The summed E-state index contributed by atoms with van der Waals surface area (Å²) in [5.74, 6) is 0. The van der Waals surface area contributed by atoms with E-state index >= 15 is 0 Å². The van der Waals surface area contributed by atoms with E-state index in [0.29, 0.717) is 0 Å². The number of hydrogen-bond donors (Lipinski definition) is 0. The summed E-state index contributed by atoms with van der Waals surface area (Å²) in [5, 5.41) is 16.7. The van der Waals surface area contributed by atoms with Crippen LogP contribution in [0, 0.1) is 0 Å². The summed E-state index contributed by atoms with van der Waals surface area (Å²) in [4.78, 5) is 8.33. The molecule has 0 amide bonds. The Bertz CT molecular complexity index is 33.8. The number of rotatable bonds is 0. The molecule has 0 aliphatic carbocycles. The van der Waals surface area contributed by atoms with Gasteiger partial charge in [-0.3, -0.25) is 0 Å². The first kappa shape index (κ1) is 15.8. The van der Waals surface area contributed by atoms with Crippen molar-refractivity contribution in [2.75, 3.05) is 0 Å². The molecule has 24 valence electrons. The smallest absolute Gasteiger partial charge is 0.652 e. The Morgan fingerprint density at radius 3 is 1.33 bits per heavy atom. The second-order valence-electron chi connectivity index (χ2n) is 0.250. The zero-order valence-corrected chi connectivity index (χ0v) is 10.0. The van der Waals surface area contributed by atoms with Crippen molar-refractivity contribution in [3.8, 4) is 0 Å². The number of carbonyl (C=O) groups is 1. The molecule has 5 heteroatoms. The van der Waals surface area contributed by atoms with E-state index in [1.807, 2.05) is 0 Å². The molecule has 3 nitrogen and oxygen atoms in total. The van der Waals surface area contributed by atoms with E-state index in [9.17, 15) is 0 Å². The van der Waals surface area contributed by atoms with Gasteiger partial charge in [-0.15, -0.1) is 0 Å². The van der Waals surface area contributed by atoms with E-state index < -0.39 is 6.16 Å². The van der Waals surface area contributed by atoms with Gasteiger partial charge in [-0.1, -0.05) is 0 Å². The molecule has 0 aromatic carbocycles. The Hall–Kier alpha value is 2.39. The van der Waals surface area contributed by atoms with Crippen molar-refractivity contribution in [2.45, 2.75) is 0 Å². The molecule has 0 fully saturated rings. The molecule has 0 atom stereocenters. The molecular formula is CKO3Sr+. The van der Waals surface area contributed by atoms with Crippen LogP contribution in [0.1, 0.15) is 0 Å². The maximum absolute atomic E-state index is 8.33. The van der Waals surface area contributed by atoms with Gasteiger partial charge in [0.2, 0.25) is 0 Å². The van der Waals surface area contributed by atoms with Crippen molar-refractivity contribution in [3.63, 3.8) is 0 Å². The van der Waals surface area contributed by atoms with Crippen LogP contribution in [0.4, 0.5) is 4.79 Å². The fourth-order valence-electron chi connectivity index (χ4n) is 0. The van der Waals surface area contributed by atoms with E-state index in [2.05, 4.69) is 0 Å². The summed E-state index contributed by atoms with van der Waals surface area (Å²) in [6.45, 7) is 0. The monoisotopic (exact) mass is 187 g/mol. The average Bonchev–Trinajstić information content (AvgIpc) is 0.811. The first-order valence-electron chi connectivity index (χ1n) is 0.612. The first-order chi connectivity index (χ1) is 1.73. The Kier molecular flexibility index (Phi) is 27.3. The summed E-state index contributed by atoms with van der Waals surface area (Å²) >= 11 is 0. The first-order valence-corrected chi connectivity index (χ1v) is 0.612. The van der Waals surface area contributed by atoms with Crippen LogP contribution in [-0.2, 0) is 0 Å². The molecule has 0 unspecified atom stereocenters. The van der Waals surface area contributed by atoms with Crippen LogP contribution in [0.5, 0.6) is 0 Å². The summed E-state index contributed by atoms with van der Waals surface area (Å²) in [7, 11) is 0. The quantitative estimate of drug-likeness (QED) is 0.354. The molecule has 0 aliphatic rings. The van der Waals surface area contributed by atoms with Crippen molar-refractivity contribution < 1.29 is 66.4 Å².